The van der Waals surface area contributed by atoms with Gasteiger partial charge in [-0.05, 0) is 31.5 Å². The predicted octanol–water partition coefficient (Wildman–Crippen LogP) is 2.22. The molecule has 1 aromatic heterocycles. The second-order valence-corrected chi connectivity index (χ2v) is 3.96. The summed E-state index contributed by atoms with van der Waals surface area (Å²) in [4.78, 5) is 0. The molecule has 0 amide bonds. The van der Waals surface area contributed by atoms with Gasteiger partial charge in [-0.25, -0.2) is 0 Å². The van der Waals surface area contributed by atoms with E-state index in [2.05, 4.69) is 15.5 Å². The minimum atomic E-state index is 0.732. The number of rotatable bonds is 3. The van der Waals surface area contributed by atoms with Gasteiger partial charge in [0.15, 0.2) is 0 Å². The molecule has 0 aliphatic carbocycles. The Morgan fingerprint density at radius 1 is 1.38 bits per heavy atom. The van der Waals surface area contributed by atoms with E-state index in [-0.39, 0.29) is 0 Å². The normalized spacial score (nSPS) is 10.4. The molecule has 16 heavy (non-hydrogen) atoms. The number of aromatic nitrogens is 2. The lowest BCUT2D eigenvalue weighted by molar-refractivity contribution is 1.04. The second-order valence-electron chi connectivity index (χ2n) is 3.96. The van der Waals surface area contributed by atoms with E-state index in [4.69, 9.17) is 5.73 Å². The summed E-state index contributed by atoms with van der Waals surface area (Å²) in [6.07, 6.45) is 1.83. The maximum absolute atomic E-state index is 5.91. The van der Waals surface area contributed by atoms with E-state index >= 15 is 0 Å². The van der Waals surface area contributed by atoms with Crippen LogP contribution in [0, 0.1) is 13.8 Å². The standard InChI is InChI=1S/C12H16N4/c1-8-3-4-12(11(13)5-8)14-6-10-7-15-16-9(10)2/h3-5,7,14H,6,13H2,1-2H3,(H,15,16). The van der Waals surface area contributed by atoms with Crippen molar-refractivity contribution in [3.63, 3.8) is 0 Å². The molecule has 84 valence electrons. The number of nitrogens with one attached hydrogen (secondary N) is 2. The molecule has 2 rings (SSSR count). The Balaban J connectivity index is 2.08. The van der Waals surface area contributed by atoms with Crippen LogP contribution in [0.5, 0.6) is 0 Å². The van der Waals surface area contributed by atoms with Crippen LogP contribution in [0.25, 0.3) is 0 Å². The van der Waals surface area contributed by atoms with Crippen molar-refractivity contribution in [3.05, 3.63) is 41.2 Å². The first kappa shape index (κ1) is 10.5. The number of hydrogen-bond donors (Lipinski definition) is 3. The van der Waals surface area contributed by atoms with Gasteiger partial charge in [-0.15, -0.1) is 0 Å². The third kappa shape index (κ3) is 2.16. The number of aryl methyl sites for hydroxylation is 2. The number of benzene rings is 1. The van der Waals surface area contributed by atoms with Crippen molar-refractivity contribution in [2.45, 2.75) is 20.4 Å². The Kier molecular flexibility index (Phi) is 2.81. The van der Waals surface area contributed by atoms with Gasteiger partial charge < -0.3 is 11.1 Å². The summed E-state index contributed by atoms with van der Waals surface area (Å²) in [5.41, 5.74) is 11.1. The summed E-state index contributed by atoms with van der Waals surface area (Å²) in [6, 6.07) is 6.01. The lowest BCUT2D eigenvalue weighted by Gasteiger charge is -2.09. The fourth-order valence-electron chi connectivity index (χ4n) is 1.59. The maximum atomic E-state index is 5.91. The highest BCUT2D eigenvalue weighted by Gasteiger charge is 2.02. The van der Waals surface area contributed by atoms with Crippen LogP contribution in [-0.4, -0.2) is 10.2 Å². The number of nitrogens with two attached hydrogens (primary N) is 1. The highest BCUT2D eigenvalue weighted by molar-refractivity contribution is 5.66. The predicted molar refractivity (Wildman–Crippen MR) is 66.2 cm³/mol. The number of nitrogen functional groups attached to an aromatic ring is 1. The Hall–Kier alpha value is -1.97. The fraction of sp³-hybridized carbons (Fsp3) is 0.250. The molecule has 0 fully saturated rings. The van der Waals surface area contributed by atoms with Crippen LogP contribution in [0.2, 0.25) is 0 Å². The number of hydrogen-bond acceptors (Lipinski definition) is 3. The molecular formula is C12H16N4. The van der Waals surface area contributed by atoms with Crippen molar-refractivity contribution in [2.75, 3.05) is 11.1 Å². The molecule has 1 aromatic carbocycles. The summed E-state index contributed by atoms with van der Waals surface area (Å²) >= 11 is 0. The zero-order valence-electron chi connectivity index (χ0n) is 9.54. The van der Waals surface area contributed by atoms with Crippen molar-refractivity contribution >= 4 is 11.4 Å². The quantitative estimate of drug-likeness (QED) is 0.689. The van der Waals surface area contributed by atoms with Crippen LogP contribution in [0.4, 0.5) is 11.4 Å². The van der Waals surface area contributed by atoms with Crippen LogP contribution in [0.15, 0.2) is 24.4 Å². The summed E-state index contributed by atoms with van der Waals surface area (Å²) in [6.45, 7) is 4.76. The molecule has 2 aromatic rings. The van der Waals surface area contributed by atoms with Gasteiger partial charge in [-0.3, -0.25) is 5.10 Å². The smallest absolute Gasteiger partial charge is 0.0576 e. The van der Waals surface area contributed by atoms with Crippen LogP contribution in [0.1, 0.15) is 16.8 Å². The van der Waals surface area contributed by atoms with Crippen molar-refractivity contribution in [1.82, 2.24) is 10.2 Å². The van der Waals surface area contributed by atoms with E-state index in [1.54, 1.807) is 0 Å². The van der Waals surface area contributed by atoms with Gasteiger partial charge in [0.25, 0.3) is 0 Å². The lowest BCUT2D eigenvalue weighted by atomic mass is 10.2. The Morgan fingerprint density at radius 3 is 2.81 bits per heavy atom. The summed E-state index contributed by atoms with van der Waals surface area (Å²) in [5.74, 6) is 0. The molecule has 0 aliphatic rings. The number of H-pyrrole nitrogens is 1. The van der Waals surface area contributed by atoms with Crippen LogP contribution < -0.4 is 11.1 Å². The topological polar surface area (TPSA) is 66.7 Å². The van der Waals surface area contributed by atoms with Crippen molar-refractivity contribution in [3.8, 4) is 0 Å². The molecule has 4 N–H and O–H groups in total. The third-order valence-electron chi connectivity index (χ3n) is 2.61. The third-order valence-corrected chi connectivity index (χ3v) is 2.61. The van der Waals surface area contributed by atoms with E-state index in [0.29, 0.717) is 0 Å². The van der Waals surface area contributed by atoms with E-state index in [1.807, 2.05) is 38.2 Å². The molecule has 0 saturated heterocycles. The van der Waals surface area contributed by atoms with Crippen molar-refractivity contribution in [1.29, 1.82) is 0 Å². The largest absolute Gasteiger partial charge is 0.397 e. The minimum absolute atomic E-state index is 0.732. The van der Waals surface area contributed by atoms with Crippen LogP contribution >= 0.6 is 0 Å². The molecule has 0 bridgehead atoms. The van der Waals surface area contributed by atoms with E-state index < -0.39 is 0 Å². The zero-order chi connectivity index (χ0) is 11.5. The molecule has 0 radical (unpaired) electrons. The van der Waals surface area contributed by atoms with Gasteiger partial charge in [0, 0.05) is 17.8 Å². The van der Waals surface area contributed by atoms with Gasteiger partial charge in [0.2, 0.25) is 0 Å². The average molecular weight is 216 g/mol. The summed E-state index contributed by atoms with van der Waals surface area (Å²) < 4.78 is 0. The molecule has 4 heteroatoms. The molecule has 0 saturated carbocycles. The average Bonchev–Trinajstić information content (AvgIpc) is 2.63. The Morgan fingerprint density at radius 2 is 2.19 bits per heavy atom. The first-order chi connectivity index (χ1) is 7.66. The zero-order valence-corrected chi connectivity index (χ0v) is 9.54. The highest BCUT2D eigenvalue weighted by atomic mass is 15.1. The molecule has 0 atom stereocenters. The monoisotopic (exact) mass is 216 g/mol. The highest BCUT2D eigenvalue weighted by Crippen LogP contribution is 2.20. The molecule has 4 nitrogen and oxygen atoms in total. The first-order valence-corrected chi connectivity index (χ1v) is 5.25. The maximum Gasteiger partial charge on any atom is 0.0576 e. The summed E-state index contributed by atoms with van der Waals surface area (Å²) in [5, 5.41) is 10.2. The second kappa shape index (κ2) is 4.26. The first-order valence-electron chi connectivity index (χ1n) is 5.25. The fourth-order valence-corrected chi connectivity index (χ4v) is 1.59. The van der Waals surface area contributed by atoms with Gasteiger partial charge in [0.1, 0.15) is 0 Å². The SMILES string of the molecule is Cc1ccc(NCc2cn[nH]c2C)c(N)c1. The molecule has 0 aliphatic heterocycles. The molecule has 0 unspecified atom stereocenters. The van der Waals surface area contributed by atoms with E-state index in [1.165, 1.54) is 5.56 Å². The van der Waals surface area contributed by atoms with Crippen LogP contribution in [0.3, 0.4) is 0 Å². The van der Waals surface area contributed by atoms with Gasteiger partial charge >= 0.3 is 0 Å². The van der Waals surface area contributed by atoms with Crippen molar-refractivity contribution < 1.29 is 0 Å². The van der Waals surface area contributed by atoms with E-state index in [9.17, 15) is 0 Å². The van der Waals surface area contributed by atoms with E-state index in [0.717, 1.165) is 29.2 Å². The Labute approximate surface area is 94.9 Å². The lowest BCUT2D eigenvalue weighted by Crippen LogP contribution is -2.02. The number of anilines is 2. The molecule has 1 heterocycles. The molecular weight excluding hydrogens is 200 g/mol. The van der Waals surface area contributed by atoms with Gasteiger partial charge in [0.05, 0.1) is 17.6 Å². The van der Waals surface area contributed by atoms with Crippen molar-refractivity contribution in [2.24, 2.45) is 0 Å². The molecule has 0 spiro atoms. The number of aromatic amines is 1. The van der Waals surface area contributed by atoms with Gasteiger partial charge in [-0.1, -0.05) is 6.07 Å². The van der Waals surface area contributed by atoms with Crippen LogP contribution in [-0.2, 0) is 6.54 Å². The van der Waals surface area contributed by atoms with Gasteiger partial charge in [-0.2, -0.15) is 5.10 Å². The minimum Gasteiger partial charge on any atom is -0.397 e. The summed E-state index contributed by atoms with van der Waals surface area (Å²) in [7, 11) is 0. The number of nitrogens with zero attached hydrogens (tertiary/aromatic N) is 1. The Bertz CT molecular complexity index is 488.